The molecule has 0 amide bonds. The van der Waals surface area contributed by atoms with Gasteiger partial charge in [0.25, 0.3) is 0 Å². The van der Waals surface area contributed by atoms with Crippen LogP contribution in [0.5, 0.6) is 0 Å². The molecule has 0 radical (unpaired) electrons. The van der Waals surface area contributed by atoms with Crippen molar-refractivity contribution in [3.05, 3.63) is 28.3 Å². The Morgan fingerprint density at radius 1 is 1.48 bits per heavy atom. The molecule has 9 heteroatoms. The molecule has 0 aliphatic carbocycles. The fraction of sp³-hybridized carbons (Fsp3) is 0.333. The SMILES string of the molecule is COC(=O)c1cc(NS(=O)(=O)CCCCl)cc(C#N)c1Cl. The Hall–Kier alpha value is -1.49. The highest BCUT2D eigenvalue weighted by Crippen LogP contribution is 2.26. The van der Waals surface area contributed by atoms with Crippen molar-refractivity contribution in [3.63, 3.8) is 0 Å². The Morgan fingerprint density at radius 2 is 2.14 bits per heavy atom. The third kappa shape index (κ3) is 4.77. The maximum Gasteiger partial charge on any atom is 0.339 e. The van der Waals surface area contributed by atoms with Gasteiger partial charge in [-0.1, -0.05) is 11.6 Å². The zero-order chi connectivity index (χ0) is 16.0. The molecule has 0 aliphatic heterocycles. The fourth-order valence-electron chi connectivity index (χ4n) is 1.50. The van der Waals surface area contributed by atoms with Gasteiger partial charge in [-0.15, -0.1) is 11.6 Å². The van der Waals surface area contributed by atoms with E-state index < -0.39 is 16.0 Å². The summed E-state index contributed by atoms with van der Waals surface area (Å²) in [5.74, 6) is -0.731. The Bertz CT molecular complexity index is 683. The van der Waals surface area contributed by atoms with Gasteiger partial charge in [0.2, 0.25) is 10.0 Å². The fourth-order valence-corrected chi connectivity index (χ4v) is 3.12. The molecule has 0 aliphatic rings. The number of esters is 1. The molecule has 1 N–H and O–H groups in total. The molecule has 1 aromatic carbocycles. The summed E-state index contributed by atoms with van der Waals surface area (Å²) >= 11 is 11.3. The van der Waals surface area contributed by atoms with Crippen molar-refractivity contribution >= 4 is 44.9 Å². The van der Waals surface area contributed by atoms with E-state index in [-0.39, 0.29) is 39.9 Å². The first-order valence-electron chi connectivity index (χ1n) is 5.73. The first-order valence-corrected chi connectivity index (χ1v) is 8.29. The van der Waals surface area contributed by atoms with Gasteiger partial charge in [-0.2, -0.15) is 5.26 Å². The highest BCUT2D eigenvalue weighted by atomic mass is 35.5. The lowest BCUT2D eigenvalue weighted by Crippen LogP contribution is -2.17. The first kappa shape index (κ1) is 17.6. The minimum atomic E-state index is -3.62. The van der Waals surface area contributed by atoms with E-state index in [4.69, 9.17) is 28.5 Å². The van der Waals surface area contributed by atoms with Gasteiger partial charge >= 0.3 is 5.97 Å². The van der Waals surface area contributed by atoms with Gasteiger partial charge in [0.05, 0.1) is 34.7 Å². The molecular formula is C12H12Cl2N2O4S. The van der Waals surface area contributed by atoms with E-state index in [9.17, 15) is 13.2 Å². The van der Waals surface area contributed by atoms with Crippen LogP contribution in [0.3, 0.4) is 0 Å². The number of carbonyl (C=O) groups is 1. The quantitative estimate of drug-likeness (QED) is 0.627. The number of methoxy groups -OCH3 is 1. The lowest BCUT2D eigenvalue weighted by atomic mass is 10.1. The summed E-state index contributed by atoms with van der Waals surface area (Å²) in [6.45, 7) is 0. The van der Waals surface area contributed by atoms with Gasteiger partial charge in [-0.3, -0.25) is 4.72 Å². The number of nitrogens with zero attached hydrogens (tertiary/aromatic N) is 1. The number of rotatable bonds is 6. The summed E-state index contributed by atoms with van der Waals surface area (Å²) in [6, 6.07) is 4.25. The number of anilines is 1. The molecule has 0 fully saturated rings. The molecule has 114 valence electrons. The van der Waals surface area contributed by atoms with Crippen LogP contribution in [0, 0.1) is 11.3 Å². The van der Waals surface area contributed by atoms with Crippen LogP contribution < -0.4 is 4.72 Å². The van der Waals surface area contributed by atoms with Gasteiger partial charge in [0, 0.05) is 5.88 Å². The van der Waals surface area contributed by atoms with Crippen molar-refractivity contribution in [3.8, 4) is 6.07 Å². The number of ether oxygens (including phenoxy) is 1. The lowest BCUT2D eigenvalue weighted by molar-refractivity contribution is 0.0601. The zero-order valence-electron chi connectivity index (χ0n) is 11.0. The van der Waals surface area contributed by atoms with Gasteiger partial charge in [-0.05, 0) is 18.6 Å². The molecule has 0 heterocycles. The summed E-state index contributed by atoms with van der Waals surface area (Å²) in [5, 5.41) is 8.89. The number of nitrogens with one attached hydrogen (secondary N) is 1. The summed E-state index contributed by atoms with van der Waals surface area (Å²) in [4.78, 5) is 11.6. The number of benzene rings is 1. The Balaban J connectivity index is 3.21. The van der Waals surface area contributed by atoms with E-state index >= 15 is 0 Å². The molecule has 0 atom stereocenters. The average Bonchev–Trinajstić information content (AvgIpc) is 2.45. The lowest BCUT2D eigenvalue weighted by Gasteiger charge is -2.11. The molecule has 0 bridgehead atoms. The van der Waals surface area contributed by atoms with E-state index in [1.165, 1.54) is 12.1 Å². The topological polar surface area (TPSA) is 96.3 Å². The number of hydrogen-bond acceptors (Lipinski definition) is 5. The number of sulfonamides is 1. The Kier molecular flexibility index (Phi) is 6.27. The number of hydrogen-bond donors (Lipinski definition) is 1. The minimum absolute atomic E-state index is 0.0328. The highest BCUT2D eigenvalue weighted by Gasteiger charge is 2.18. The van der Waals surface area contributed by atoms with Crippen LogP contribution in [0.2, 0.25) is 5.02 Å². The maximum absolute atomic E-state index is 11.8. The number of alkyl halides is 1. The van der Waals surface area contributed by atoms with Crippen LogP contribution in [0.15, 0.2) is 12.1 Å². The summed E-state index contributed by atoms with van der Waals surface area (Å²) in [7, 11) is -2.47. The van der Waals surface area contributed by atoms with E-state index in [0.717, 1.165) is 7.11 Å². The number of nitriles is 1. The van der Waals surface area contributed by atoms with E-state index in [1.54, 1.807) is 6.07 Å². The van der Waals surface area contributed by atoms with Crippen LogP contribution >= 0.6 is 23.2 Å². The van der Waals surface area contributed by atoms with Crippen molar-refractivity contribution in [2.24, 2.45) is 0 Å². The monoisotopic (exact) mass is 350 g/mol. The smallest absolute Gasteiger partial charge is 0.339 e. The minimum Gasteiger partial charge on any atom is -0.465 e. The average molecular weight is 351 g/mol. The number of halogens is 2. The molecule has 0 saturated heterocycles. The van der Waals surface area contributed by atoms with Crippen molar-refractivity contribution in [1.29, 1.82) is 5.26 Å². The largest absolute Gasteiger partial charge is 0.465 e. The highest BCUT2D eigenvalue weighted by molar-refractivity contribution is 7.92. The molecule has 0 saturated carbocycles. The molecular weight excluding hydrogens is 339 g/mol. The zero-order valence-corrected chi connectivity index (χ0v) is 13.3. The van der Waals surface area contributed by atoms with Crippen LogP contribution in [0.1, 0.15) is 22.3 Å². The first-order chi connectivity index (χ1) is 9.84. The maximum atomic E-state index is 11.8. The number of carbonyl (C=O) groups excluding carboxylic acids is 1. The third-order valence-corrected chi connectivity index (χ3v) is 4.47. The Morgan fingerprint density at radius 3 is 2.67 bits per heavy atom. The van der Waals surface area contributed by atoms with E-state index in [0.29, 0.717) is 0 Å². The summed E-state index contributed by atoms with van der Waals surface area (Å²) < 4.78 is 30.4. The van der Waals surface area contributed by atoms with Crippen molar-refractivity contribution < 1.29 is 17.9 Å². The van der Waals surface area contributed by atoms with Crippen LogP contribution in [-0.4, -0.2) is 33.1 Å². The van der Waals surface area contributed by atoms with Gasteiger partial charge in [-0.25, -0.2) is 13.2 Å². The predicted octanol–water partition coefficient (Wildman–Crippen LogP) is 2.37. The van der Waals surface area contributed by atoms with Gasteiger partial charge in [0.15, 0.2) is 0 Å². The molecule has 21 heavy (non-hydrogen) atoms. The molecule has 0 aromatic heterocycles. The predicted molar refractivity (Wildman–Crippen MR) is 80.3 cm³/mol. The van der Waals surface area contributed by atoms with Crippen molar-refractivity contribution in [2.75, 3.05) is 23.5 Å². The van der Waals surface area contributed by atoms with E-state index in [1.807, 2.05) is 0 Å². The van der Waals surface area contributed by atoms with Crippen LogP contribution in [0.4, 0.5) is 5.69 Å². The standard InChI is InChI=1S/C12H12Cl2N2O4S/c1-20-12(17)10-6-9(5-8(7-15)11(10)14)16-21(18,19)4-2-3-13/h5-6,16H,2-4H2,1H3. The van der Waals surface area contributed by atoms with Crippen LogP contribution in [0.25, 0.3) is 0 Å². The summed E-state index contributed by atoms with van der Waals surface area (Å²) in [6.07, 6.45) is 0.277. The van der Waals surface area contributed by atoms with Gasteiger partial charge < -0.3 is 4.74 Å². The van der Waals surface area contributed by atoms with Crippen LogP contribution in [-0.2, 0) is 14.8 Å². The second kappa shape index (κ2) is 7.50. The molecule has 0 unspecified atom stereocenters. The molecule has 1 aromatic rings. The van der Waals surface area contributed by atoms with Crippen molar-refractivity contribution in [2.45, 2.75) is 6.42 Å². The van der Waals surface area contributed by atoms with E-state index in [2.05, 4.69) is 9.46 Å². The normalized spacial score (nSPS) is 10.8. The Labute approximate surface area is 132 Å². The van der Waals surface area contributed by atoms with Gasteiger partial charge in [0.1, 0.15) is 6.07 Å². The molecule has 0 spiro atoms. The second-order valence-corrected chi connectivity index (χ2v) is 6.55. The summed E-state index contributed by atoms with van der Waals surface area (Å²) in [5.41, 5.74) is -0.0613. The second-order valence-electron chi connectivity index (χ2n) is 3.95. The molecule has 1 rings (SSSR count). The molecule has 6 nitrogen and oxygen atoms in total. The van der Waals surface area contributed by atoms with Crippen molar-refractivity contribution in [1.82, 2.24) is 0 Å². The third-order valence-electron chi connectivity index (χ3n) is 2.42.